The van der Waals surface area contributed by atoms with E-state index in [1.54, 1.807) is 11.9 Å². The molecule has 0 spiro atoms. The predicted octanol–water partition coefficient (Wildman–Crippen LogP) is 0.422. The number of hydrogen-bond acceptors (Lipinski definition) is 3. The van der Waals surface area contributed by atoms with Gasteiger partial charge in [-0.25, -0.2) is 0 Å². The van der Waals surface area contributed by atoms with Gasteiger partial charge in [-0.05, 0) is 19.9 Å². The predicted molar refractivity (Wildman–Crippen MR) is 58.5 cm³/mol. The summed E-state index contributed by atoms with van der Waals surface area (Å²) in [6.45, 7) is 4.83. The van der Waals surface area contributed by atoms with Crippen LogP contribution in [0.4, 0.5) is 0 Å². The van der Waals surface area contributed by atoms with Gasteiger partial charge in [-0.2, -0.15) is 0 Å². The third-order valence-corrected chi connectivity index (χ3v) is 2.80. The van der Waals surface area contributed by atoms with Crippen molar-refractivity contribution in [1.29, 1.82) is 0 Å². The summed E-state index contributed by atoms with van der Waals surface area (Å²) in [6.07, 6.45) is 1.77. The normalized spacial score (nSPS) is 21.1. The minimum Gasteiger partial charge on any atom is -0.332 e. The number of Topliss-reactive ketones (excluding diaryl/α,β-unsaturated/α-hetero) is 1. The number of hydrogen-bond donors (Lipinski definition) is 1. The Bertz CT molecular complexity index is 251. The Kier molecular flexibility index (Phi) is 4.27. The molecule has 1 atom stereocenters. The van der Waals surface area contributed by atoms with E-state index in [4.69, 9.17) is 0 Å². The Morgan fingerprint density at radius 2 is 2.13 bits per heavy atom. The lowest BCUT2D eigenvalue weighted by molar-refractivity contribution is -0.138. The van der Waals surface area contributed by atoms with Gasteiger partial charge >= 0.3 is 0 Å². The molecule has 1 aliphatic heterocycles. The van der Waals surface area contributed by atoms with Crippen LogP contribution in [0.3, 0.4) is 0 Å². The standard InChI is InChI=1S/C11H20N2O2/c1-8(2)11(15)9-5-4-6-13(9)10(14)7-12-3/h8-9,12H,4-7H2,1-3H3/t9-/m0/s1. The summed E-state index contributed by atoms with van der Waals surface area (Å²) in [5, 5.41) is 2.83. The number of carbonyl (C=O) groups excluding carboxylic acids is 2. The molecule has 4 nitrogen and oxygen atoms in total. The van der Waals surface area contributed by atoms with Crippen molar-refractivity contribution in [3.8, 4) is 0 Å². The number of carbonyl (C=O) groups is 2. The molecule has 0 aromatic heterocycles. The first kappa shape index (κ1) is 12.2. The van der Waals surface area contributed by atoms with Gasteiger partial charge in [0.15, 0.2) is 5.78 Å². The molecule has 4 heteroatoms. The van der Waals surface area contributed by atoms with Crippen LogP contribution in [0.5, 0.6) is 0 Å². The summed E-state index contributed by atoms with van der Waals surface area (Å²) in [7, 11) is 1.74. The maximum atomic E-state index is 11.8. The molecule has 1 amide bonds. The van der Waals surface area contributed by atoms with Crippen molar-refractivity contribution in [2.75, 3.05) is 20.1 Å². The Morgan fingerprint density at radius 1 is 1.47 bits per heavy atom. The van der Waals surface area contributed by atoms with E-state index < -0.39 is 0 Å². The van der Waals surface area contributed by atoms with Crippen LogP contribution in [0.2, 0.25) is 0 Å². The molecule has 86 valence electrons. The Hall–Kier alpha value is -0.900. The maximum Gasteiger partial charge on any atom is 0.237 e. The van der Waals surface area contributed by atoms with Crippen LogP contribution in [0, 0.1) is 5.92 Å². The second-order valence-corrected chi connectivity index (χ2v) is 4.33. The Labute approximate surface area is 91.0 Å². The highest BCUT2D eigenvalue weighted by Crippen LogP contribution is 2.20. The molecule has 1 saturated heterocycles. The number of likely N-dealkylation sites (N-methyl/N-ethyl adjacent to an activating group) is 1. The average molecular weight is 212 g/mol. The molecule has 1 aliphatic rings. The number of amides is 1. The molecule has 0 aromatic rings. The zero-order valence-corrected chi connectivity index (χ0v) is 9.75. The minimum absolute atomic E-state index is 0.0120. The van der Waals surface area contributed by atoms with Gasteiger partial charge < -0.3 is 10.2 Å². The third-order valence-electron chi connectivity index (χ3n) is 2.80. The van der Waals surface area contributed by atoms with Crippen LogP contribution >= 0.6 is 0 Å². The minimum atomic E-state index is -0.175. The highest BCUT2D eigenvalue weighted by molar-refractivity contribution is 5.91. The SMILES string of the molecule is CNCC(=O)N1CCC[C@H]1C(=O)C(C)C. The number of likely N-dealkylation sites (tertiary alicyclic amines) is 1. The highest BCUT2D eigenvalue weighted by atomic mass is 16.2. The fourth-order valence-corrected chi connectivity index (χ4v) is 2.00. The summed E-state index contributed by atoms with van der Waals surface area (Å²) >= 11 is 0. The van der Waals surface area contributed by atoms with Crippen molar-refractivity contribution in [2.45, 2.75) is 32.7 Å². The van der Waals surface area contributed by atoms with Crippen LogP contribution in [0.1, 0.15) is 26.7 Å². The van der Waals surface area contributed by atoms with Crippen LogP contribution < -0.4 is 5.32 Å². The van der Waals surface area contributed by atoms with E-state index >= 15 is 0 Å². The monoisotopic (exact) mass is 212 g/mol. The molecule has 1 fully saturated rings. The topological polar surface area (TPSA) is 49.4 Å². The van der Waals surface area contributed by atoms with E-state index in [1.807, 2.05) is 13.8 Å². The van der Waals surface area contributed by atoms with Crippen molar-refractivity contribution in [2.24, 2.45) is 5.92 Å². The number of nitrogens with zero attached hydrogens (tertiary/aromatic N) is 1. The van der Waals surface area contributed by atoms with E-state index in [0.29, 0.717) is 6.54 Å². The quantitative estimate of drug-likeness (QED) is 0.735. The van der Waals surface area contributed by atoms with E-state index in [9.17, 15) is 9.59 Å². The van der Waals surface area contributed by atoms with Crippen LogP contribution in [0.25, 0.3) is 0 Å². The molecule has 0 radical (unpaired) electrons. The van der Waals surface area contributed by atoms with E-state index in [1.165, 1.54) is 0 Å². The second-order valence-electron chi connectivity index (χ2n) is 4.33. The van der Waals surface area contributed by atoms with Gasteiger partial charge in [0.25, 0.3) is 0 Å². The Balaban J connectivity index is 2.64. The molecular weight excluding hydrogens is 192 g/mol. The van der Waals surface area contributed by atoms with Crippen molar-refractivity contribution in [3.05, 3.63) is 0 Å². The fraction of sp³-hybridized carbons (Fsp3) is 0.818. The third kappa shape index (κ3) is 2.78. The van der Waals surface area contributed by atoms with E-state index in [-0.39, 0.29) is 23.7 Å². The van der Waals surface area contributed by atoms with Crippen molar-refractivity contribution >= 4 is 11.7 Å². The van der Waals surface area contributed by atoms with Gasteiger partial charge in [0.05, 0.1) is 12.6 Å². The summed E-state index contributed by atoms with van der Waals surface area (Å²) in [5.74, 6) is 0.240. The summed E-state index contributed by atoms with van der Waals surface area (Å²) < 4.78 is 0. The number of nitrogens with one attached hydrogen (secondary N) is 1. The summed E-state index contributed by atoms with van der Waals surface area (Å²) in [4.78, 5) is 25.3. The van der Waals surface area contributed by atoms with Crippen molar-refractivity contribution < 1.29 is 9.59 Å². The van der Waals surface area contributed by atoms with Crippen molar-refractivity contribution in [1.82, 2.24) is 10.2 Å². The smallest absolute Gasteiger partial charge is 0.237 e. The molecule has 1 rings (SSSR count). The first-order valence-electron chi connectivity index (χ1n) is 5.55. The van der Waals surface area contributed by atoms with Gasteiger partial charge in [0.1, 0.15) is 0 Å². The number of rotatable bonds is 4. The molecule has 0 bridgehead atoms. The van der Waals surface area contributed by atoms with Gasteiger partial charge in [-0.15, -0.1) is 0 Å². The molecule has 0 aliphatic carbocycles. The largest absolute Gasteiger partial charge is 0.332 e. The lowest BCUT2D eigenvalue weighted by Gasteiger charge is -2.24. The first-order chi connectivity index (χ1) is 7.07. The lowest BCUT2D eigenvalue weighted by atomic mass is 10.00. The summed E-state index contributed by atoms with van der Waals surface area (Å²) in [6, 6.07) is -0.175. The average Bonchev–Trinajstić information content (AvgIpc) is 2.65. The van der Waals surface area contributed by atoms with Gasteiger partial charge in [0.2, 0.25) is 5.91 Å². The van der Waals surface area contributed by atoms with Gasteiger partial charge in [-0.3, -0.25) is 9.59 Å². The molecule has 0 aromatic carbocycles. The van der Waals surface area contributed by atoms with E-state index in [0.717, 1.165) is 19.4 Å². The summed E-state index contributed by atoms with van der Waals surface area (Å²) in [5.41, 5.74) is 0. The van der Waals surface area contributed by atoms with Crippen LogP contribution in [-0.4, -0.2) is 42.8 Å². The van der Waals surface area contributed by atoms with Gasteiger partial charge in [0, 0.05) is 12.5 Å². The molecule has 1 heterocycles. The van der Waals surface area contributed by atoms with Crippen LogP contribution in [0.15, 0.2) is 0 Å². The second kappa shape index (κ2) is 5.26. The zero-order valence-electron chi connectivity index (χ0n) is 9.75. The van der Waals surface area contributed by atoms with E-state index in [2.05, 4.69) is 5.32 Å². The van der Waals surface area contributed by atoms with Crippen molar-refractivity contribution in [3.63, 3.8) is 0 Å². The molecule has 0 unspecified atom stereocenters. The lowest BCUT2D eigenvalue weighted by Crippen LogP contribution is -2.45. The molecule has 15 heavy (non-hydrogen) atoms. The van der Waals surface area contributed by atoms with Crippen LogP contribution in [-0.2, 0) is 9.59 Å². The molecule has 1 N–H and O–H groups in total. The zero-order chi connectivity index (χ0) is 11.4. The van der Waals surface area contributed by atoms with Gasteiger partial charge in [-0.1, -0.05) is 13.8 Å². The first-order valence-corrected chi connectivity index (χ1v) is 5.55. The Morgan fingerprint density at radius 3 is 2.67 bits per heavy atom. The fourth-order valence-electron chi connectivity index (χ4n) is 2.00. The number of ketones is 1. The molecular formula is C11H20N2O2. The molecule has 0 saturated carbocycles. The maximum absolute atomic E-state index is 11.8. The highest BCUT2D eigenvalue weighted by Gasteiger charge is 2.34.